The number of carboxylic acid groups (broad SMARTS) is 1. The lowest BCUT2D eigenvalue weighted by Gasteiger charge is -2.31. The Kier molecular flexibility index (Phi) is 4.23. The predicted molar refractivity (Wildman–Crippen MR) is 51.6 cm³/mol. The summed E-state index contributed by atoms with van der Waals surface area (Å²) in [4.78, 5) is 22.8. The van der Waals surface area contributed by atoms with Crippen LogP contribution in [-0.2, 0) is 19.1 Å². The Labute approximate surface area is 88.4 Å². The average Bonchev–Trinajstić information content (AvgIpc) is 2.21. The summed E-state index contributed by atoms with van der Waals surface area (Å²) in [5.41, 5.74) is -1.34. The maximum absolute atomic E-state index is 11.7. The van der Waals surface area contributed by atoms with E-state index in [4.69, 9.17) is 14.6 Å². The summed E-state index contributed by atoms with van der Waals surface area (Å²) >= 11 is 0. The fourth-order valence-electron chi connectivity index (χ4n) is 1.75. The van der Waals surface area contributed by atoms with Gasteiger partial charge in [0.05, 0.1) is 13.2 Å². The average molecular weight is 216 g/mol. The standard InChI is InChI=1S/C10H16O5/c1-14-5-2-4-10(9(12)13)7-15-6-3-8(10)11/h2-7H2,1H3,(H,12,13). The van der Waals surface area contributed by atoms with Gasteiger partial charge < -0.3 is 14.6 Å². The molecule has 1 rings (SSSR count). The first-order valence-electron chi connectivity index (χ1n) is 4.97. The number of aliphatic carboxylic acids is 1. The van der Waals surface area contributed by atoms with Crippen molar-refractivity contribution in [3.05, 3.63) is 0 Å². The fourth-order valence-corrected chi connectivity index (χ4v) is 1.75. The molecule has 15 heavy (non-hydrogen) atoms. The molecule has 1 aliphatic rings. The number of carbonyl (C=O) groups is 2. The molecule has 1 aliphatic heterocycles. The van der Waals surface area contributed by atoms with Gasteiger partial charge in [-0.15, -0.1) is 0 Å². The molecule has 1 heterocycles. The molecule has 1 saturated heterocycles. The van der Waals surface area contributed by atoms with Gasteiger partial charge in [-0.25, -0.2) is 0 Å². The Morgan fingerprint density at radius 1 is 1.67 bits per heavy atom. The smallest absolute Gasteiger partial charge is 0.319 e. The summed E-state index contributed by atoms with van der Waals surface area (Å²) in [6.07, 6.45) is 1.03. The molecule has 0 aliphatic carbocycles. The molecule has 0 saturated carbocycles. The van der Waals surface area contributed by atoms with Crippen LogP contribution in [0, 0.1) is 5.41 Å². The van der Waals surface area contributed by atoms with E-state index in [0.717, 1.165) is 0 Å². The summed E-state index contributed by atoms with van der Waals surface area (Å²) in [5, 5.41) is 9.12. The van der Waals surface area contributed by atoms with E-state index in [-0.39, 0.29) is 25.2 Å². The van der Waals surface area contributed by atoms with Crippen LogP contribution in [0.15, 0.2) is 0 Å². The minimum atomic E-state index is -1.34. The molecule has 0 aromatic heterocycles. The van der Waals surface area contributed by atoms with Gasteiger partial charge in [0.25, 0.3) is 0 Å². The van der Waals surface area contributed by atoms with Gasteiger partial charge >= 0.3 is 5.97 Å². The van der Waals surface area contributed by atoms with Crippen molar-refractivity contribution < 1.29 is 24.2 Å². The van der Waals surface area contributed by atoms with Crippen molar-refractivity contribution in [1.29, 1.82) is 0 Å². The van der Waals surface area contributed by atoms with Crippen molar-refractivity contribution in [2.45, 2.75) is 19.3 Å². The van der Waals surface area contributed by atoms with Crippen LogP contribution in [0.1, 0.15) is 19.3 Å². The quantitative estimate of drug-likeness (QED) is 0.534. The summed E-state index contributed by atoms with van der Waals surface area (Å²) < 4.78 is 9.95. The number of ketones is 1. The van der Waals surface area contributed by atoms with E-state index in [9.17, 15) is 9.59 Å². The molecule has 1 N–H and O–H groups in total. The van der Waals surface area contributed by atoms with Crippen LogP contribution in [0.5, 0.6) is 0 Å². The minimum Gasteiger partial charge on any atom is -0.480 e. The maximum atomic E-state index is 11.7. The molecular formula is C10H16O5. The zero-order chi connectivity index (χ0) is 11.3. The number of Topliss-reactive ketones (excluding diaryl/α,β-unsaturated/α-hetero) is 1. The first kappa shape index (κ1) is 12.1. The fraction of sp³-hybridized carbons (Fsp3) is 0.800. The Hall–Kier alpha value is -0.940. The van der Waals surface area contributed by atoms with Crippen LogP contribution in [-0.4, -0.2) is 43.8 Å². The summed E-state index contributed by atoms with van der Waals surface area (Å²) in [7, 11) is 1.55. The third-order valence-electron chi connectivity index (χ3n) is 2.72. The van der Waals surface area contributed by atoms with Gasteiger partial charge in [0.2, 0.25) is 0 Å². The van der Waals surface area contributed by atoms with Crippen molar-refractivity contribution in [1.82, 2.24) is 0 Å². The van der Waals surface area contributed by atoms with E-state index in [1.165, 1.54) is 0 Å². The van der Waals surface area contributed by atoms with E-state index in [1.54, 1.807) is 7.11 Å². The van der Waals surface area contributed by atoms with Gasteiger partial charge in [-0.3, -0.25) is 9.59 Å². The van der Waals surface area contributed by atoms with Gasteiger partial charge in [0.1, 0.15) is 5.41 Å². The topological polar surface area (TPSA) is 72.8 Å². The molecule has 0 bridgehead atoms. The van der Waals surface area contributed by atoms with Crippen LogP contribution >= 0.6 is 0 Å². The highest BCUT2D eigenvalue weighted by Crippen LogP contribution is 2.30. The van der Waals surface area contributed by atoms with Crippen LogP contribution in [0.25, 0.3) is 0 Å². The zero-order valence-electron chi connectivity index (χ0n) is 8.82. The van der Waals surface area contributed by atoms with Gasteiger partial charge in [-0.2, -0.15) is 0 Å². The van der Waals surface area contributed by atoms with Crippen LogP contribution in [0.4, 0.5) is 0 Å². The Morgan fingerprint density at radius 2 is 2.40 bits per heavy atom. The number of ether oxygens (including phenoxy) is 2. The summed E-state index contributed by atoms with van der Waals surface area (Å²) in [6, 6.07) is 0. The third-order valence-corrected chi connectivity index (χ3v) is 2.72. The number of methoxy groups -OCH3 is 1. The normalized spacial score (nSPS) is 26.6. The molecule has 5 nitrogen and oxygen atoms in total. The Bertz CT molecular complexity index is 250. The van der Waals surface area contributed by atoms with E-state index >= 15 is 0 Å². The van der Waals surface area contributed by atoms with E-state index in [0.29, 0.717) is 19.6 Å². The molecule has 0 aromatic carbocycles. The molecule has 1 unspecified atom stereocenters. The largest absolute Gasteiger partial charge is 0.480 e. The van der Waals surface area contributed by atoms with Crippen molar-refractivity contribution in [2.75, 3.05) is 26.9 Å². The first-order valence-corrected chi connectivity index (χ1v) is 4.97. The lowest BCUT2D eigenvalue weighted by molar-refractivity contribution is -0.165. The molecule has 86 valence electrons. The third kappa shape index (κ3) is 2.54. The molecule has 1 atom stereocenters. The van der Waals surface area contributed by atoms with Crippen LogP contribution < -0.4 is 0 Å². The highest BCUT2D eigenvalue weighted by atomic mass is 16.5. The molecule has 0 amide bonds. The van der Waals surface area contributed by atoms with Crippen molar-refractivity contribution in [2.24, 2.45) is 5.41 Å². The lowest BCUT2D eigenvalue weighted by Crippen LogP contribution is -2.47. The number of carbonyl (C=O) groups excluding carboxylic acids is 1. The Morgan fingerprint density at radius 3 is 2.93 bits per heavy atom. The van der Waals surface area contributed by atoms with E-state index < -0.39 is 11.4 Å². The second-order valence-electron chi connectivity index (χ2n) is 3.71. The van der Waals surface area contributed by atoms with Crippen LogP contribution in [0.2, 0.25) is 0 Å². The van der Waals surface area contributed by atoms with Crippen molar-refractivity contribution in [3.63, 3.8) is 0 Å². The molecule has 0 spiro atoms. The highest BCUT2D eigenvalue weighted by molar-refractivity contribution is 6.03. The van der Waals surface area contributed by atoms with Crippen molar-refractivity contribution >= 4 is 11.8 Å². The lowest BCUT2D eigenvalue weighted by atomic mass is 9.77. The second-order valence-corrected chi connectivity index (χ2v) is 3.71. The van der Waals surface area contributed by atoms with Crippen LogP contribution in [0.3, 0.4) is 0 Å². The second kappa shape index (κ2) is 5.23. The van der Waals surface area contributed by atoms with E-state index in [2.05, 4.69) is 0 Å². The molecule has 1 fully saturated rings. The van der Waals surface area contributed by atoms with Gasteiger partial charge in [0, 0.05) is 20.1 Å². The summed E-state index contributed by atoms with van der Waals surface area (Å²) in [6.45, 7) is 0.783. The van der Waals surface area contributed by atoms with Gasteiger partial charge in [-0.1, -0.05) is 0 Å². The number of carboxylic acids is 1. The molecule has 5 heteroatoms. The SMILES string of the molecule is COCCCC1(C(=O)O)COCCC1=O. The zero-order valence-corrected chi connectivity index (χ0v) is 8.82. The molecule has 0 aromatic rings. The first-order chi connectivity index (χ1) is 7.13. The van der Waals surface area contributed by atoms with E-state index in [1.807, 2.05) is 0 Å². The number of hydrogen-bond donors (Lipinski definition) is 1. The Balaban J connectivity index is 2.68. The summed E-state index contributed by atoms with van der Waals surface area (Å²) in [5.74, 6) is -1.30. The van der Waals surface area contributed by atoms with Gasteiger partial charge in [0.15, 0.2) is 5.78 Å². The predicted octanol–water partition coefficient (Wildman–Crippen LogP) is 0.473. The molecular weight excluding hydrogens is 200 g/mol. The number of hydrogen-bond acceptors (Lipinski definition) is 4. The highest BCUT2D eigenvalue weighted by Gasteiger charge is 2.47. The minimum absolute atomic E-state index is 0.00905. The monoisotopic (exact) mass is 216 g/mol. The van der Waals surface area contributed by atoms with Gasteiger partial charge in [-0.05, 0) is 12.8 Å². The van der Waals surface area contributed by atoms with Crippen molar-refractivity contribution in [3.8, 4) is 0 Å². The number of rotatable bonds is 5. The molecule has 0 radical (unpaired) electrons. The maximum Gasteiger partial charge on any atom is 0.319 e.